The van der Waals surface area contributed by atoms with Gasteiger partial charge in [-0.15, -0.1) is 0 Å². The first kappa shape index (κ1) is 30.6. The molecule has 2 fully saturated rings. The summed E-state index contributed by atoms with van der Waals surface area (Å²) in [6, 6.07) is 12.2. The number of likely N-dealkylation sites (N-methyl/N-ethyl adjacent to an activating group) is 1. The summed E-state index contributed by atoms with van der Waals surface area (Å²) >= 11 is 0. The molecule has 0 atom stereocenters. The van der Waals surface area contributed by atoms with Gasteiger partial charge in [0.2, 0.25) is 0 Å². The van der Waals surface area contributed by atoms with Crippen LogP contribution in [0, 0.1) is 0 Å². The molecule has 2 saturated heterocycles. The summed E-state index contributed by atoms with van der Waals surface area (Å²) < 4.78 is 24.2. The number of nitrogens with one attached hydrogen (secondary N) is 1. The second kappa shape index (κ2) is 12.9. The molecule has 1 N–H and O–H groups in total. The minimum absolute atomic E-state index is 0.549. The van der Waals surface area contributed by atoms with Gasteiger partial charge in [-0.05, 0) is 44.6 Å². The third-order valence-electron chi connectivity index (χ3n) is 8.85. The Labute approximate surface area is 261 Å². The number of methoxy groups -OCH3 is 2. The van der Waals surface area contributed by atoms with Crippen molar-refractivity contribution in [2.75, 3.05) is 97.2 Å². The van der Waals surface area contributed by atoms with Gasteiger partial charge in [0.1, 0.15) is 30.3 Å². The molecule has 1 aliphatic carbocycles. The average molecular weight is 618 g/mol. The van der Waals surface area contributed by atoms with E-state index in [-0.39, 0.29) is 0 Å². The van der Waals surface area contributed by atoms with Crippen molar-refractivity contribution < 1.29 is 14.0 Å². The number of hydrazine groups is 1. The minimum Gasteiger partial charge on any atom is -0.496 e. The van der Waals surface area contributed by atoms with E-state index in [1.54, 1.807) is 27.5 Å². The zero-order valence-corrected chi connectivity index (χ0v) is 27.4. The van der Waals surface area contributed by atoms with E-state index in [2.05, 4.69) is 62.5 Å². The van der Waals surface area contributed by atoms with Crippen molar-refractivity contribution >= 4 is 35.7 Å². The van der Waals surface area contributed by atoms with Crippen LogP contribution in [0.2, 0.25) is 0 Å². The highest BCUT2D eigenvalue weighted by molar-refractivity contribution is 7.70. The van der Waals surface area contributed by atoms with Gasteiger partial charge in [-0.3, -0.25) is 0 Å². The predicted octanol–water partition coefficient (Wildman–Crippen LogP) is 3.93. The number of hydrogen-bond acceptors (Lipinski definition) is 10. The second-order valence-corrected chi connectivity index (χ2v) is 15.4. The molecular formula is C33H44N7O3P. The van der Waals surface area contributed by atoms with Crippen LogP contribution >= 0.6 is 7.14 Å². The molecule has 10 nitrogen and oxygen atoms in total. The number of piperazine rings is 2. The van der Waals surface area contributed by atoms with Gasteiger partial charge < -0.3 is 29.2 Å². The number of ether oxygens (including phenoxy) is 2. The van der Waals surface area contributed by atoms with Crippen molar-refractivity contribution in [2.45, 2.75) is 12.8 Å². The lowest BCUT2D eigenvalue weighted by Crippen LogP contribution is -2.58. The number of benzene rings is 2. The number of allylic oxidation sites excluding steroid dienone is 1. The fourth-order valence-corrected chi connectivity index (χ4v) is 7.03. The summed E-state index contributed by atoms with van der Waals surface area (Å²) in [6.45, 7) is 12.0. The van der Waals surface area contributed by atoms with Crippen LogP contribution in [0.4, 0.5) is 17.2 Å². The van der Waals surface area contributed by atoms with E-state index >= 15 is 0 Å². The number of hydrogen-bond donors (Lipinski definition) is 1. The SMILES string of the molecule is COc1cc(N2CCN(N3CCN(C)CC3)CC2)ccc1Cc1nc2c(c(Nc3ccc(P(C)(C)=O)cc3OC)n1)C=CC2. The Morgan fingerprint density at radius 1 is 0.864 bits per heavy atom. The van der Waals surface area contributed by atoms with Crippen LogP contribution in [0.5, 0.6) is 11.5 Å². The maximum atomic E-state index is 12.6. The highest BCUT2D eigenvalue weighted by Crippen LogP contribution is 2.39. The van der Waals surface area contributed by atoms with Gasteiger partial charge in [-0.1, -0.05) is 18.2 Å². The van der Waals surface area contributed by atoms with E-state index in [1.165, 1.54) is 5.69 Å². The molecule has 0 bridgehead atoms. The van der Waals surface area contributed by atoms with Crippen LogP contribution in [0.1, 0.15) is 22.6 Å². The number of rotatable bonds is 9. The Bertz CT molecular complexity index is 1570. The first-order valence-electron chi connectivity index (χ1n) is 15.4. The Balaban J connectivity index is 1.18. The van der Waals surface area contributed by atoms with E-state index in [0.717, 1.165) is 104 Å². The molecule has 1 aromatic heterocycles. The Hall–Kier alpha value is -3.43. The van der Waals surface area contributed by atoms with Gasteiger partial charge in [-0.25, -0.2) is 20.0 Å². The topological polar surface area (TPSA) is 86.3 Å². The molecule has 3 aliphatic rings. The zero-order valence-electron chi connectivity index (χ0n) is 26.5. The van der Waals surface area contributed by atoms with E-state index in [9.17, 15) is 4.57 Å². The predicted molar refractivity (Wildman–Crippen MR) is 179 cm³/mol. The van der Waals surface area contributed by atoms with Crippen LogP contribution in [0.25, 0.3) is 6.08 Å². The lowest BCUT2D eigenvalue weighted by molar-refractivity contribution is -0.0564. The smallest absolute Gasteiger partial charge is 0.143 e. The number of fused-ring (bicyclic) bond motifs is 1. The lowest BCUT2D eigenvalue weighted by Gasteiger charge is -2.44. The molecular weight excluding hydrogens is 573 g/mol. The van der Waals surface area contributed by atoms with E-state index < -0.39 is 7.14 Å². The molecule has 0 unspecified atom stereocenters. The van der Waals surface area contributed by atoms with Gasteiger partial charge in [0.15, 0.2) is 0 Å². The monoisotopic (exact) mass is 617 g/mol. The van der Waals surface area contributed by atoms with Crippen LogP contribution in [-0.4, -0.2) is 112 Å². The van der Waals surface area contributed by atoms with Crippen LogP contribution < -0.4 is 25.0 Å². The van der Waals surface area contributed by atoms with Crippen molar-refractivity contribution in [1.29, 1.82) is 0 Å². The van der Waals surface area contributed by atoms with Crippen molar-refractivity contribution in [3.8, 4) is 11.5 Å². The first-order chi connectivity index (χ1) is 21.2. The third-order valence-corrected chi connectivity index (χ3v) is 10.4. The van der Waals surface area contributed by atoms with E-state index in [4.69, 9.17) is 19.4 Å². The average Bonchev–Trinajstić information content (AvgIpc) is 3.50. The van der Waals surface area contributed by atoms with Crippen molar-refractivity contribution in [3.63, 3.8) is 0 Å². The molecule has 2 aromatic carbocycles. The number of nitrogens with zero attached hydrogens (tertiary/aromatic N) is 6. The van der Waals surface area contributed by atoms with Crippen LogP contribution in [0.15, 0.2) is 42.5 Å². The van der Waals surface area contributed by atoms with Crippen molar-refractivity contribution in [1.82, 2.24) is 24.9 Å². The first-order valence-corrected chi connectivity index (χ1v) is 18.0. The lowest BCUT2D eigenvalue weighted by atomic mass is 10.1. The summed E-state index contributed by atoms with van der Waals surface area (Å²) in [5.41, 5.74) is 4.98. The fraction of sp³-hybridized carbons (Fsp3) is 0.455. The molecule has 3 heterocycles. The Morgan fingerprint density at radius 3 is 2.25 bits per heavy atom. The molecule has 0 amide bonds. The minimum atomic E-state index is -2.42. The van der Waals surface area contributed by atoms with E-state index in [1.807, 2.05) is 18.2 Å². The summed E-state index contributed by atoms with van der Waals surface area (Å²) in [6.07, 6.45) is 5.49. The molecule has 0 saturated carbocycles. The Kier molecular flexibility index (Phi) is 8.96. The van der Waals surface area contributed by atoms with Gasteiger partial charge in [0, 0.05) is 93.4 Å². The molecule has 0 radical (unpaired) electrons. The standard InChI is InChI=1S/C33H44N7O3P/c1-37-13-17-39(18-14-37)40-19-15-38(16-20-40)25-10-9-24(30(22-25)42-2)21-32-34-28-8-6-7-27(28)33(36-32)35-29-12-11-26(44(4,5)41)23-31(29)43-3/h6-7,9-12,22-23H,8,13-21H2,1-5H3,(H,34,35,36). The van der Waals surface area contributed by atoms with Gasteiger partial charge in [0.05, 0.1) is 25.6 Å². The molecule has 234 valence electrons. The largest absolute Gasteiger partial charge is 0.496 e. The number of aromatic nitrogens is 2. The van der Waals surface area contributed by atoms with Gasteiger partial charge >= 0.3 is 0 Å². The van der Waals surface area contributed by atoms with Crippen LogP contribution in [-0.2, 0) is 17.4 Å². The maximum Gasteiger partial charge on any atom is 0.143 e. The van der Waals surface area contributed by atoms with Gasteiger partial charge in [-0.2, -0.15) is 0 Å². The van der Waals surface area contributed by atoms with Gasteiger partial charge in [0.25, 0.3) is 0 Å². The molecule has 0 spiro atoms. The van der Waals surface area contributed by atoms with Crippen molar-refractivity contribution in [2.24, 2.45) is 0 Å². The highest BCUT2D eigenvalue weighted by atomic mass is 31.2. The maximum absolute atomic E-state index is 12.6. The Morgan fingerprint density at radius 2 is 1.57 bits per heavy atom. The molecule has 2 aliphatic heterocycles. The molecule has 44 heavy (non-hydrogen) atoms. The third kappa shape index (κ3) is 6.64. The molecule has 3 aromatic rings. The van der Waals surface area contributed by atoms with Crippen LogP contribution in [0.3, 0.4) is 0 Å². The second-order valence-electron chi connectivity index (χ2n) is 12.2. The molecule has 6 rings (SSSR count). The summed E-state index contributed by atoms with van der Waals surface area (Å²) in [7, 11) is 3.14. The highest BCUT2D eigenvalue weighted by Gasteiger charge is 2.25. The summed E-state index contributed by atoms with van der Waals surface area (Å²) in [5.74, 6) is 2.93. The quantitative estimate of drug-likeness (QED) is 0.357. The van der Waals surface area contributed by atoms with E-state index in [0.29, 0.717) is 12.2 Å². The summed E-state index contributed by atoms with van der Waals surface area (Å²) in [5, 5.41) is 9.30. The normalized spacial score (nSPS) is 18.0. The summed E-state index contributed by atoms with van der Waals surface area (Å²) in [4.78, 5) is 14.7. The number of anilines is 3. The fourth-order valence-electron chi connectivity index (χ4n) is 6.17. The van der Waals surface area contributed by atoms with Crippen molar-refractivity contribution in [3.05, 3.63) is 65.1 Å². The zero-order chi connectivity index (χ0) is 30.8. The molecule has 11 heteroatoms.